The number of aromatic nitrogens is 1. The zero-order chi connectivity index (χ0) is 13.5. The maximum Gasteiger partial charge on any atom is 0.0341 e. The Kier molecular flexibility index (Phi) is 5.55. The first kappa shape index (κ1) is 14.2. The fourth-order valence-corrected chi connectivity index (χ4v) is 2.98. The number of nitrogens with one attached hydrogen (secondary N) is 1. The topological polar surface area (TPSA) is 24.9 Å². The number of hydrogen-bond acceptors (Lipinski definition) is 3. The van der Waals surface area contributed by atoms with Crippen LogP contribution in [0.1, 0.15) is 42.5 Å². The van der Waals surface area contributed by atoms with Crippen molar-refractivity contribution >= 4 is 11.3 Å². The zero-order valence-corrected chi connectivity index (χ0v) is 12.5. The lowest BCUT2D eigenvalue weighted by molar-refractivity contribution is 0.496. The second kappa shape index (κ2) is 7.41. The van der Waals surface area contributed by atoms with Crippen molar-refractivity contribution in [1.82, 2.24) is 10.3 Å². The summed E-state index contributed by atoms with van der Waals surface area (Å²) in [6, 6.07) is 4.73. The molecular formula is C16H22N2S. The number of nitrogens with zero attached hydrogens (tertiary/aromatic N) is 1. The lowest BCUT2D eigenvalue weighted by atomic mass is 9.98. The summed E-state index contributed by atoms with van der Waals surface area (Å²) in [6.45, 7) is 5.43. The molecule has 0 aliphatic rings. The molecule has 19 heavy (non-hydrogen) atoms. The van der Waals surface area contributed by atoms with Gasteiger partial charge in [0.1, 0.15) is 0 Å². The van der Waals surface area contributed by atoms with Crippen LogP contribution in [0.15, 0.2) is 35.3 Å². The Morgan fingerprint density at radius 2 is 2.26 bits per heavy atom. The minimum atomic E-state index is 0.411. The van der Waals surface area contributed by atoms with Gasteiger partial charge in [-0.15, -0.1) is 0 Å². The lowest BCUT2D eigenvalue weighted by Gasteiger charge is -2.20. The van der Waals surface area contributed by atoms with E-state index in [1.165, 1.54) is 16.7 Å². The van der Waals surface area contributed by atoms with Crippen LogP contribution in [0, 0.1) is 6.92 Å². The average molecular weight is 274 g/mol. The molecule has 2 rings (SSSR count). The summed E-state index contributed by atoms with van der Waals surface area (Å²) in [5.41, 5.74) is 4.11. The molecular weight excluding hydrogens is 252 g/mol. The van der Waals surface area contributed by atoms with Crippen molar-refractivity contribution in [1.29, 1.82) is 0 Å². The Labute approximate surface area is 119 Å². The molecule has 2 heterocycles. The molecule has 0 saturated carbocycles. The summed E-state index contributed by atoms with van der Waals surface area (Å²) < 4.78 is 0. The molecule has 2 aromatic heterocycles. The summed E-state index contributed by atoms with van der Waals surface area (Å²) >= 11 is 1.78. The van der Waals surface area contributed by atoms with Gasteiger partial charge >= 0.3 is 0 Å². The molecule has 2 aromatic rings. The van der Waals surface area contributed by atoms with E-state index < -0.39 is 0 Å². The smallest absolute Gasteiger partial charge is 0.0341 e. The predicted octanol–water partition coefficient (Wildman–Crippen LogP) is 4.13. The molecule has 0 saturated heterocycles. The van der Waals surface area contributed by atoms with E-state index in [4.69, 9.17) is 0 Å². The maximum atomic E-state index is 4.28. The van der Waals surface area contributed by atoms with Gasteiger partial charge in [-0.25, -0.2) is 0 Å². The van der Waals surface area contributed by atoms with E-state index in [0.717, 1.165) is 25.8 Å². The van der Waals surface area contributed by atoms with Crippen molar-refractivity contribution in [3.8, 4) is 0 Å². The maximum absolute atomic E-state index is 4.28. The Balaban J connectivity index is 2.05. The Bertz CT molecular complexity index is 479. The summed E-state index contributed by atoms with van der Waals surface area (Å²) in [7, 11) is 0. The van der Waals surface area contributed by atoms with Crippen molar-refractivity contribution in [2.75, 3.05) is 6.54 Å². The molecule has 1 unspecified atom stereocenters. The highest BCUT2D eigenvalue weighted by Crippen LogP contribution is 2.22. The lowest BCUT2D eigenvalue weighted by Crippen LogP contribution is -2.23. The molecule has 102 valence electrons. The fourth-order valence-electron chi connectivity index (χ4n) is 2.27. The van der Waals surface area contributed by atoms with E-state index >= 15 is 0 Å². The second-order valence-corrected chi connectivity index (χ2v) is 5.69. The Morgan fingerprint density at radius 1 is 1.37 bits per heavy atom. The Hall–Kier alpha value is -1.19. The van der Waals surface area contributed by atoms with Gasteiger partial charge in [0.25, 0.3) is 0 Å². The van der Waals surface area contributed by atoms with Crippen LogP contribution < -0.4 is 5.32 Å². The van der Waals surface area contributed by atoms with E-state index in [9.17, 15) is 0 Å². The van der Waals surface area contributed by atoms with Crippen LogP contribution in [0.5, 0.6) is 0 Å². The first-order valence-corrected chi connectivity index (χ1v) is 7.90. The molecule has 0 spiro atoms. The van der Waals surface area contributed by atoms with Gasteiger partial charge in [-0.1, -0.05) is 6.92 Å². The highest BCUT2D eigenvalue weighted by molar-refractivity contribution is 7.07. The molecule has 0 fully saturated rings. The zero-order valence-electron chi connectivity index (χ0n) is 11.7. The van der Waals surface area contributed by atoms with E-state index in [2.05, 4.69) is 47.0 Å². The summed E-state index contributed by atoms with van der Waals surface area (Å²) in [6.07, 6.45) is 7.29. The fraction of sp³-hybridized carbons (Fsp3) is 0.438. The minimum absolute atomic E-state index is 0.411. The number of rotatable bonds is 7. The molecule has 1 N–H and O–H groups in total. The van der Waals surface area contributed by atoms with Crippen LogP contribution in [0.25, 0.3) is 0 Å². The number of pyridine rings is 1. The third kappa shape index (κ3) is 4.15. The molecule has 0 aliphatic heterocycles. The van der Waals surface area contributed by atoms with E-state index in [-0.39, 0.29) is 0 Å². The van der Waals surface area contributed by atoms with Crippen LogP contribution in [0.4, 0.5) is 0 Å². The van der Waals surface area contributed by atoms with Gasteiger partial charge in [0.2, 0.25) is 0 Å². The van der Waals surface area contributed by atoms with E-state index in [1.807, 2.05) is 12.4 Å². The highest BCUT2D eigenvalue weighted by atomic mass is 32.1. The van der Waals surface area contributed by atoms with E-state index in [0.29, 0.717) is 6.04 Å². The van der Waals surface area contributed by atoms with Gasteiger partial charge in [0, 0.05) is 18.4 Å². The third-order valence-electron chi connectivity index (χ3n) is 3.40. The largest absolute Gasteiger partial charge is 0.310 e. The van der Waals surface area contributed by atoms with Gasteiger partial charge in [-0.05, 0) is 72.3 Å². The van der Waals surface area contributed by atoms with Crippen molar-refractivity contribution < 1.29 is 0 Å². The van der Waals surface area contributed by atoms with Gasteiger partial charge < -0.3 is 5.32 Å². The molecule has 0 radical (unpaired) electrons. The predicted molar refractivity (Wildman–Crippen MR) is 82.6 cm³/mol. The molecule has 1 atom stereocenters. The molecule has 3 heteroatoms. The quantitative estimate of drug-likeness (QED) is 0.821. The first-order chi connectivity index (χ1) is 9.31. The van der Waals surface area contributed by atoms with Crippen LogP contribution in [0.3, 0.4) is 0 Å². The number of aryl methyl sites for hydroxylation is 2. The average Bonchev–Trinajstić information content (AvgIpc) is 2.93. The number of thiophene rings is 1. The first-order valence-electron chi connectivity index (χ1n) is 6.96. The summed E-state index contributed by atoms with van der Waals surface area (Å²) in [5.74, 6) is 0. The minimum Gasteiger partial charge on any atom is -0.310 e. The third-order valence-corrected chi connectivity index (χ3v) is 4.13. The van der Waals surface area contributed by atoms with Crippen LogP contribution >= 0.6 is 11.3 Å². The van der Waals surface area contributed by atoms with Gasteiger partial charge in [0.15, 0.2) is 0 Å². The number of hydrogen-bond donors (Lipinski definition) is 1. The summed E-state index contributed by atoms with van der Waals surface area (Å²) in [5, 5.41) is 8.05. The van der Waals surface area contributed by atoms with Crippen molar-refractivity contribution in [3.05, 3.63) is 52.0 Å². The summed E-state index contributed by atoms with van der Waals surface area (Å²) in [4.78, 5) is 4.28. The SMILES string of the molecule is CCCNC(CCc1ccsc1)c1cnccc1C. The molecule has 2 nitrogen and oxygen atoms in total. The molecule has 0 bridgehead atoms. The van der Waals surface area contributed by atoms with Crippen molar-refractivity contribution in [2.24, 2.45) is 0 Å². The monoisotopic (exact) mass is 274 g/mol. The van der Waals surface area contributed by atoms with Crippen LogP contribution in [-0.4, -0.2) is 11.5 Å². The van der Waals surface area contributed by atoms with Gasteiger partial charge in [-0.3, -0.25) is 4.98 Å². The highest BCUT2D eigenvalue weighted by Gasteiger charge is 2.13. The Morgan fingerprint density at radius 3 is 2.95 bits per heavy atom. The van der Waals surface area contributed by atoms with Crippen molar-refractivity contribution in [2.45, 2.75) is 39.2 Å². The van der Waals surface area contributed by atoms with Gasteiger partial charge in [-0.2, -0.15) is 11.3 Å². The normalized spacial score (nSPS) is 12.5. The molecule has 0 amide bonds. The van der Waals surface area contributed by atoms with E-state index in [1.54, 1.807) is 11.3 Å². The van der Waals surface area contributed by atoms with Crippen LogP contribution in [-0.2, 0) is 6.42 Å². The van der Waals surface area contributed by atoms with Gasteiger partial charge in [0.05, 0.1) is 0 Å². The molecule has 0 aromatic carbocycles. The second-order valence-electron chi connectivity index (χ2n) is 4.91. The standard InChI is InChI=1S/C16H22N2S/c1-3-8-18-16(5-4-14-7-10-19-12-14)15-11-17-9-6-13(15)2/h6-7,9-12,16,18H,3-5,8H2,1-2H3. The van der Waals surface area contributed by atoms with Crippen molar-refractivity contribution in [3.63, 3.8) is 0 Å². The van der Waals surface area contributed by atoms with Crippen LogP contribution in [0.2, 0.25) is 0 Å². The molecule has 0 aliphatic carbocycles.